The molecule has 0 radical (unpaired) electrons. The molecule has 0 saturated carbocycles. The molecule has 0 aliphatic rings. The average Bonchev–Trinajstić information content (AvgIpc) is 3.57. The van der Waals surface area contributed by atoms with Gasteiger partial charge in [-0.25, -0.2) is 28.8 Å². The van der Waals surface area contributed by atoms with Crippen molar-refractivity contribution in [1.82, 2.24) is 46.6 Å². The monoisotopic (exact) mass is 1230 g/mol. The summed E-state index contributed by atoms with van der Waals surface area (Å²) in [6.45, 7) is 36.0. The molecular weight excluding hydrogens is 1120 g/mol. The van der Waals surface area contributed by atoms with Crippen LogP contribution in [0, 0.1) is 0 Å². The van der Waals surface area contributed by atoms with E-state index in [1.807, 2.05) is 0 Å². The molecule has 87 heavy (non-hydrogen) atoms. The lowest BCUT2D eigenvalue weighted by molar-refractivity contribution is 0.0233. The molecule has 0 aromatic heterocycles. The van der Waals surface area contributed by atoms with Crippen molar-refractivity contribution in [1.29, 1.82) is 0 Å². The largest absolute Gasteiger partial charge is 0.444 e. The third kappa shape index (κ3) is 41.1. The van der Waals surface area contributed by atoms with E-state index in [1.54, 1.807) is 139 Å². The topological polar surface area (TPSA) is 291 Å². The number of benzene rings is 1. The number of ether oxygens (including phenoxy) is 6. The summed E-state index contributed by atoms with van der Waals surface area (Å²) in [5.74, 6) is -1.57. The second-order valence-corrected chi connectivity index (χ2v) is 27.5. The van der Waals surface area contributed by atoms with E-state index in [4.69, 9.17) is 28.4 Å². The summed E-state index contributed by atoms with van der Waals surface area (Å²) in [5.41, 5.74) is -3.82. The van der Waals surface area contributed by atoms with Crippen LogP contribution < -0.4 is 31.9 Å². The predicted octanol–water partition coefficient (Wildman–Crippen LogP) is 10.8. The van der Waals surface area contributed by atoms with Gasteiger partial charge in [0.15, 0.2) is 0 Å². The fraction of sp³-hybridized carbons (Fsp3) is 0.762. The highest BCUT2D eigenvalue weighted by Crippen LogP contribution is 2.17. The molecule has 498 valence electrons. The predicted molar refractivity (Wildman–Crippen MR) is 335 cm³/mol. The molecule has 24 heteroatoms. The van der Waals surface area contributed by atoms with Crippen molar-refractivity contribution < 1.29 is 71.6 Å². The molecule has 24 nitrogen and oxygen atoms in total. The Bertz CT molecular complexity index is 2060. The van der Waals surface area contributed by atoms with Gasteiger partial charge in [-0.3, -0.25) is 14.4 Å². The summed E-state index contributed by atoms with van der Waals surface area (Å²) in [7, 11) is 0. The Morgan fingerprint density at radius 3 is 0.621 bits per heavy atom. The van der Waals surface area contributed by atoms with Gasteiger partial charge in [0.2, 0.25) is 0 Å². The van der Waals surface area contributed by atoms with Crippen molar-refractivity contribution in [3.63, 3.8) is 0 Å². The van der Waals surface area contributed by atoms with Crippen LogP contribution in [-0.4, -0.2) is 181 Å². The molecule has 1 aromatic rings. The fourth-order valence-corrected chi connectivity index (χ4v) is 7.88. The van der Waals surface area contributed by atoms with Crippen molar-refractivity contribution in [3.8, 4) is 0 Å². The summed E-state index contributed by atoms with van der Waals surface area (Å²) in [6, 6.07) is 4.26. The van der Waals surface area contributed by atoms with E-state index in [9.17, 15) is 43.2 Å². The molecule has 0 heterocycles. The second-order valence-electron chi connectivity index (χ2n) is 27.5. The lowest BCUT2D eigenvalue weighted by atomic mass is 10.0. The van der Waals surface area contributed by atoms with E-state index in [-0.39, 0.29) is 36.3 Å². The first kappa shape index (κ1) is 78.3. The minimum atomic E-state index is -0.724. The maximum absolute atomic E-state index is 13.8. The Hall–Kier alpha value is -6.75. The number of hydrogen-bond acceptors (Lipinski definition) is 15. The van der Waals surface area contributed by atoms with Gasteiger partial charge in [0.25, 0.3) is 17.7 Å². The van der Waals surface area contributed by atoms with Gasteiger partial charge < -0.3 is 75.0 Å². The lowest BCUT2D eigenvalue weighted by Gasteiger charge is -2.27. The Morgan fingerprint density at radius 1 is 0.276 bits per heavy atom. The number of hydrogen-bond donors (Lipinski definition) is 6. The molecule has 9 amide bonds. The van der Waals surface area contributed by atoms with Gasteiger partial charge >= 0.3 is 36.6 Å². The molecule has 1 rings (SSSR count). The number of carbonyl (C=O) groups excluding carboxylic acids is 9. The Morgan fingerprint density at radius 2 is 0.448 bits per heavy atom. The Kier molecular flexibility index (Phi) is 34.0. The molecule has 1 aromatic carbocycles. The van der Waals surface area contributed by atoms with Gasteiger partial charge in [-0.15, -0.1) is 0 Å². The molecule has 6 N–H and O–H groups in total. The highest BCUT2D eigenvalue weighted by molar-refractivity contribution is 6.04. The quantitative estimate of drug-likeness (QED) is 0.0282. The van der Waals surface area contributed by atoms with Gasteiger partial charge in [-0.2, -0.15) is 0 Å². The summed E-state index contributed by atoms with van der Waals surface area (Å²) < 4.78 is 32.9. The van der Waals surface area contributed by atoms with Gasteiger partial charge in [0, 0.05) is 95.2 Å². The zero-order valence-electron chi connectivity index (χ0n) is 56.2. The molecule has 0 atom stereocenters. The van der Waals surface area contributed by atoms with Crippen molar-refractivity contribution in [2.75, 3.05) is 78.5 Å². The average molecular weight is 1230 g/mol. The first-order valence-corrected chi connectivity index (χ1v) is 31.0. The number of nitrogens with zero attached hydrogens (tertiary/aromatic N) is 3. The normalized spacial score (nSPS) is 11.9. The Labute approximate surface area is 519 Å². The number of amides is 9. The van der Waals surface area contributed by atoms with Crippen molar-refractivity contribution >= 4 is 54.3 Å². The highest BCUT2D eigenvalue weighted by atomic mass is 16.6. The summed E-state index contributed by atoms with van der Waals surface area (Å²) in [5, 5.41) is 16.9. The van der Waals surface area contributed by atoms with E-state index >= 15 is 0 Å². The molecule has 0 spiro atoms. The molecule has 0 saturated heterocycles. The van der Waals surface area contributed by atoms with Crippen LogP contribution in [0.15, 0.2) is 18.2 Å². The highest BCUT2D eigenvalue weighted by Gasteiger charge is 2.26. The number of alkyl carbamates (subject to hydrolysis) is 3. The number of nitrogens with one attached hydrogen (secondary N) is 6. The van der Waals surface area contributed by atoms with Crippen LogP contribution in [0.3, 0.4) is 0 Å². The fourth-order valence-electron chi connectivity index (χ4n) is 7.88. The Balaban J connectivity index is 3.19. The third-order valence-corrected chi connectivity index (χ3v) is 11.7. The molecule has 0 aliphatic heterocycles. The smallest absolute Gasteiger partial charge is 0.410 e. The zero-order chi connectivity index (χ0) is 66.2. The zero-order valence-corrected chi connectivity index (χ0v) is 56.2. The molecule has 0 aliphatic carbocycles. The van der Waals surface area contributed by atoms with Gasteiger partial charge in [0.1, 0.15) is 33.6 Å². The van der Waals surface area contributed by atoms with Crippen LogP contribution in [0.4, 0.5) is 28.8 Å². The number of rotatable bonds is 33. The summed E-state index contributed by atoms with van der Waals surface area (Å²) in [4.78, 5) is 122. The van der Waals surface area contributed by atoms with E-state index < -0.39 is 87.9 Å². The number of carbonyl (C=O) groups is 9. The van der Waals surface area contributed by atoms with Crippen molar-refractivity contribution in [3.05, 3.63) is 34.9 Å². The SMILES string of the molecule is CC(C)(C)OC(=O)NCCCCN(CCCCNC(=O)c1cc(C(=O)NCCCCN(CCCCNC(=O)OC(C)(C)C)C(=O)OC(C)(C)C)cc(C(=O)NCCCCN(CCCCNC(=O)OC(C)(C)C)C(=O)OC(C)(C)C)c1)C(=O)OC(C)(C)C. The second kappa shape index (κ2) is 37.8. The van der Waals surface area contributed by atoms with E-state index in [1.165, 1.54) is 18.2 Å². The summed E-state index contributed by atoms with van der Waals surface area (Å²) in [6.07, 6.45) is 3.53. The molecule has 0 fully saturated rings. The van der Waals surface area contributed by atoms with Crippen LogP contribution in [0.5, 0.6) is 0 Å². The van der Waals surface area contributed by atoms with Crippen LogP contribution in [-0.2, 0) is 28.4 Å². The van der Waals surface area contributed by atoms with Crippen LogP contribution >= 0.6 is 0 Å². The van der Waals surface area contributed by atoms with Crippen LogP contribution in [0.25, 0.3) is 0 Å². The minimum Gasteiger partial charge on any atom is -0.444 e. The summed E-state index contributed by atoms with van der Waals surface area (Å²) >= 11 is 0. The van der Waals surface area contributed by atoms with Crippen LogP contribution in [0.1, 0.15) is 233 Å². The molecule has 0 bridgehead atoms. The van der Waals surface area contributed by atoms with Gasteiger partial charge in [-0.1, -0.05) is 0 Å². The van der Waals surface area contributed by atoms with Gasteiger partial charge in [-0.05, 0) is 220 Å². The standard InChI is InChI=1S/C63H111N9O15/c1-58(2,3)82-52(76)67-34-22-28-40-70(55(79)85-61(10,11)12)37-25-19-31-64-49(73)46-43-47(50(74)65-32-20-26-38-71(56(80)86-62(13,14)15)41-29-23-35-68-53(77)83-59(4,5)6)45-48(44-46)51(75)66-33-21-27-39-72(57(81)87-63(16,17)18)42-30-24-36-69-54(78)84-60(7,8)9/h43-45H,19-42H2,1-18H3,(H,64,73)(H,65,74)(H,66,75)(H,67,76)(H,68,77)(H,69,78). The molecule has 0 unspecified atom stereocenters. The van der Waals surface area contributed by atoms with E-state index in [0.29, 0.717) is 136 Å². The van der Waals surface area contributed by atoms with E-state index in [0.717, 1.165) is 0 Å². The van der Waals surface area contributed by atoms with Gasteiger partial charge in [0.05, 0.1) is 0 Å². The minimum absolute atomic E-state index is 0.0757. The maximum Gasteiger partial charge on any atom is 0.410 e. The first-order valence-electron chi connectivity index (χ1n) is 31.0. The first-order chi connectivity index (χ1) is 40.1. The molecular formula is C63H111N9O15. The van der Waals surface area contributed by atoms with E-state index in [2.05, 4.69) is 31.9 Å². The number of unbranched alkanes of at least 4 members (excludes halogenated alkanes) is 6. The van der Waals surface area contributed by atoms with Crippen molar-refractivity contribution in [2.24, 2.45) is 0 Å². The third-order valence-electron chi connectivity index (χ3n) is 11.7. The maximum atomic E-state index is 13.8. The van der Waals surface area contributed by atoms with Crippen molar-refractivity contribution in [2.45, 2.75) is 235 Å². The van der Waals surface area contributed by atoms with Crippen LogP contribution in [0.2, 0.25) is 0 Å². The lowest BCUT2D eigenvalue weighted by Crippen LogP contribution is -2.38.